The van der Waals surface area contributed by atoms with E-state index in [-0.39, 0.29) is 0 Å². The van der Waals surface area contributed by atoms with Gasteiger partial charge in [0.15, 0.2) is 5.38 Å². The van der Waals surface area contributed by atoms with Crippen molar-refractivity contribution >= 4 is 23.2 Å². The molecule has 1 atom stereocenters. The number of halogens is 4. The molecule has 20 heavy (non-hydrogen) atoms. The Bertz CT molecular complexity index is 449. The Morgan fingerprint density at radius 3 is 2.10 bits per heavy atom. The molecular formula is C12H13ClF3NO3. The quantitative estimate of drug-likeness (QED) is 0.672. The van der Waals surface area contributed by atoms with Gasteiger partial charge in [0.25, 0.3) is 5.79 Å². The normalized spacial score (nSPS) is 13.9. The first-order valence-corrected chi connectivity index (χ1v) is 5.89. The van der Waals surface area contributed by atoms with Crippen molar-refractivity contribution in [2.75, 3.05) is 19.5 Å². The molecule has 1 rings (SSSR count). The van der Waals surface area contributed by atoms with Crippen LogP contribution in [0, 0.1) is 0 Å². The molecule has 0 aliphatic heterocycles. The first-order chi connectivity index (χ1) is 9.28. The van der Waals surface area contributed by atoms with Crippen LogP contribution in [-0.4, -0.2) is 37.5 Å². The Kier molecular flexibility index (Phi) is 5.38. The summed E-state index contributed by atoms with van der Waals surface area (Å²) in [6, 6.07) is 7.94. The maximum atomic E-state index is 13.0. The SMILES string of the molecule is COC(OC)(C(Cl)C(=O)Nc1ccccc1)C(F)(F)F. The fourth-order valence-corrected chi connectivity index (χ4v) is 1.92. The third-order valence-corrected chi connectivity index (χ3v) is 3.09. The van der Waals surface area contributed by atoms with E-state index < -0.39 is 23.2 Å². The molecular weight excluding hydrogens is 299 g/mol. The van der Waals surface area contributed by atoms with E-state index in [1.54, 1.807) is 18.2 Å². The smallest absolute Gasteiger partial charge is 0.344 e. The number of carbonyl (C=O) groups is 1. The molecule has 0 radical (unpaired) electrons. The lowest BCUT2D eigenvalue weighted by molar-refractivity contribution is -0.363. The molecule has 8 heteroatoms. The van der Waals surface area contributed by atoms with Gasteiger partial charge in [0.1, 0.15) is 0 Å². The standard InChI is InChI=1S/C12H13ClF3NO3/c1-19-11(20-2,12(14,15)16)9(13)10(18)17-8-6-4-3-5-7-8/h3-7,9H,1-2H3,(H,17,18). The van der Waals surface area contributed by atoms with Crippen molar-refractivity contribution in [3.05, 3.63) is 30.3 Å². The van der Waals surface area contributed by atoms with Crippen LogP contribution in [0.5, 0.6) is 0 Å². The predicted molar refractivity (Wildman–Crippen MR) is 67.5 cm³/mol. The fraction of sp³-hybridized carbons (Fsp3) is 0.417. The number of hydrogen-bond donors (Lipinski definition) is 1. The van der Waals surface area contributed by atoms with Gasteiger partial charge in [-0.05, 0) is 12.1 Å². The monoisotopic (exact) mass is 311 g/mol. The first kappa shape index (κ1) is 16.7. The Labute approximate surface area is 118 Å². The number of ether oxygens (including phenoxy) is 2. The zero-order valence-electron chi connectivity index (χ0n) is 10.7. The van der Waals surface area contributed by atoms with Gasteiger partial charge in [-0.15, -0.1) is 11.6 Å². The second-order valence-corrected chi connectivity index (χ2v) is 4.23. The highest BCUT2D eigenvalue weighted by Crippen LogP contribution is 2.39. The van der Waals surface area contributed by atoms with Crippen LogP contribution in [0.15, 0.2) is 30.3 Å². The molecule has 1 unspecified atom stereocenters. The number of anilines is 1. The molecule has 0 spiro atoms. The van der Waals surface area contributed by atoms with Crippen molar-refractivity contribution in [1.82, 2.24) is 0 Å². The summed E-state index contributed by atoms with van der Waals surface area (Å²) in [7, 11) is 1.53. The van der Waals surface area contributed by atoms with Crippen LogP contribution in [-0.2, 0) is 14.3 Å². The maximum Gasteiger partial charge on any atom is 0.445 e. The lowest BCUT2D eigenvalue weighted by Gasteiger charge is -2.35. The number of benzene rings is 1. The van der Waals surface area contributed by atoms with Gasteiger partial charge in [-0.3, -0.25) is 4.79 Å². The third kappa shape index (κ3) is 3.23. The van der Waals surface area contributed by atoms with E-state index in [4.69, 9.17) is 11.6 Å². The molecule has 1 aromatic carbocycles. The van der Waals surface area contributed by atoms with Gasteiger partial charge in [-0.1, -0.05) is 18.2 Å². The zero-order chi connectivity index (χ0) is 15.4. The molecule has 0 fully saturated rings. The first-order valence-electron chi connectivity index (χ1n) is 5.45. The molecule has 1 aromatic rings. The summed E-state index contributed by atoms with van der Waals surface area (Å²) < 4.78 is 47.7. The minimum atomic E-state index is -4.98. The summed E-state index contributed by atoms with van der Waals surface area (Å²) >= 11 is 5.61. The topological polar surface area (TPSA) is 47.6 Å². The second-order valence-electron chi connectivity index (χ2n) is 3.79. The number of amides is 1. The van der Waals surface area contributed by atoms with Crippen molar-refractivity contribution in [2.45, 2.75) is 17.3 Å². The Balaban J connectivity index is 2.96. The van der Waals surface area contributed by atoms with E-state index in [1.807, 2.05) is 0 Å². The van der Waals surface area contributed by atoms with Crippen molar-refractivity contribution in [1.29, 1.82) is 0 Å². The molecule has 0 aromatic heterocycles. The van der Waals surface area contributed by atoms with Crippen LogP contribution in [0.1, 0.15) is 0 Å². The van der Waals surface area contributed by atoms with Crippen molar-refractivity contribution in [2.24, 2.45) is 0 Å². The van der Waals surface area contributed by atoms with Crippen LogP contribution in [0.2, 0.25) is 0 Å². The molecule has 1 amide bonds. The van der Waals surface area contributed by atoms with Crippen LogP contribution >= 0.6 is 11.6 Å². The minimum absolute atomic E-state index is 0.312. The van der Waals surface area contributed by atoms with Gasteiger partial charge in [0.2, 0.25) is 5.91 Å². The minimum Gasteiger partial charge on any atom is -0.344 e. The molecule has 0 bridgehead atoms. The molecule has 0 saturated heterocycles. The summed E-state index contributed by atoms with van der Waals surface area (Å²) in [6.45, 7) is 0. The number of hydrogen-bond acceptors (Lipinski definition) is 3. The van der Waals surface area contributed by atoms with Gasteiger partial charge >= 0.3 is 6.18 Å². The molecule has 112 valence electrons. The number of carbonyl (C=O) groups excluding carboxylic acids is 1. The van der Waals surface area contributed by atoms with Crippen molar-refractivity contribution in [3.8, 4) is 0 Å². The number of methoxy groups -OCH3 is 2. The lowest BCUT2D eigenvalue weighted by Crippen LogP contribution is -2.59. The highest BCUT2D eigenvalue weighted by molar-refractivity contribution is 6.33. The summed E-state index contributed by atoms with van der Waals surface area (Å²) in [6.07, 6.45) is -4.98. The predicted octanol–water partition coefficient (Wildman–Crippen LogP) is 2.78. The molecule has 4 nitrogen and oxygen atoms in total. The number of alkyl halides is 4. The summed E-state index contributed by atoms with van der Waals surface area (Å²) in [5.74, 6) is -4.30. The van der Waals surface area contributed by atoms with Crippen LogP contribution < -0.4 is 5.32 Å². The summed E-state index contributed by atoms with van der Waals surface area (Å²) in [5.41, 5.74) is 0.312. The second kappa shape index (κ2) is 6.43. The molecule has 0 aliphatic rings. The summed E-state index contributed by atoms with van der Waals surface area (Å²) in [5, 5.41) is 0.144. The van der Waals surface area contributed by atoms with Gasteiger partial charge in [-0.25, -0.2) is 0 Å². The number of para-hydroxylation sites is 1. The van der Waals surface area contributed by atoms with E-state index in [0.717, 1.165) is 14.2 Å². The Morgan fingerprint density at radius 1 is 1.20 bits per heavy atom. The van der Waals surface area contributed by atoms with Crippen LogP contribution in [0.4, 0.5) is 18.9 Å². The van der Waals surface area contributed by atoms with E-state index in [2.05, 4.69) is 14.8 Å². The van der Waals surface area contributed by atoms with E-state index >= 15 is 0 Å². The highest BCUT2D eigenvalue weighted by atomic mass is 35.5. The van der Waals surface area contributed by atoms with Crippen molar-refractivity contribution in [3.63, 3.8) is 0 Å². The van der Waals surface area contributed by atoms with Crippen LogP contribution in [0.25, 0.3) is 0 Å². The molecule has 1 N–H and O–H groups in total. The summed E-state index contributed by atoms with van der Waals surface area (Å²) in [4.78, 5) is 11.8. The van der Waals surface area contributed by atoms with E-state index in [9.17, 15) is 18.0 Å². The number of rotatable bonds is 5. The zero-order valence-corrected chi connectivity index (χ0v) is 11.5. The lowest BCUT2D eigenvalue weighted by atomic mass is 10.1. The third-order valence-electron chi connectivity index (χ3n) is 2.61. The highest BCUT2D eigenvalue weighted by Gasteiger charge is 2.63. The number of nitrogens with one attached hydrogen (secondary N) is 1. The fourth-order valence-electron chi connectivity index (χ4n) is 1.57. The average molecular weight is 312 g/mol. The van der Waals surface area contributed by atoms with E-state index in [0.29, 0.717) is 5.69 Å². The van der Waals surface area contributed by atoms with Gasteiger partial charge in [0.05, 0.1) is 0 Å². The Hall–Kier alpha value is -1.31. The Morgan fingerprint density at radius 2 is 1.70 bits per heavy atom. The van der Waals surface area contributed by atoms with Gasteiger partial charge in [0, 0.05) is 19.9 Å². The van der Waals surface area contributed by atoms with E-state index in [1.165, 1.54) is 12.1 Å². The van der Waals surface area contributed by atoms with Crippen molar-refractivity contribution < 1.29 is 27.4 Å². The van der Waals surface area contributed by atoms with Gasteiger partial charge in [-0.2, -0.15) is 13.2 Å². The largest absolute Gasteiger partial charge is 0.445 e. The molecule has 0 heterocycles. The van der Waals surface area contributed by atoms with Gasteiger partial charge < -0.3 is 14.8 Å². The maximum absolute atomic E-state index is 13.0. The molecule has 0 saturated carbocycles. The molecule has 0 aliphatic carbocycles. The van der Waals surface area contributed by atoms with Crippen LogP contribution in [0.3, 0.4) is 0 Å². The average Bonchev–Trinajstić information content (AvgIpc) is 2.40.